The first-order valence-electron chi connectivity index (χ1n) is 8.41. The lowest BCUT2D eigenvalue weighted by Gasteiger charge is -2.08. The number of aromatic nitrogens is 1. The Kier molecular flexibility index (Phi) is 6.20. The summed E-state index contributed by atoms with van der Waals surface area (Å²) < 4.78 is 9.77. The lowest BCUT2D eigenvalue weighted by Crippen LogP contribution is -2.16. The summed E-state index contributed by atoms with van der Waals surface area (Å²) in [5.41, 5.74) is 1.08. The van der Waals surface area contributed by atoms with E-state index in [0.717, 1.165) is 11.3 Å². The van der Waals surface area contributed by atoms with Gasteiger partial charge in [0.05, 0.1) is 25.5 Å². The number of methoxy groups -OCH3 is 2. The van der Waals surface area contributed by atoms with Gasteiger partial charge in [-0.15, -0.1) is 11.3 Å². The standard InChI is InChI=1S/C20H17N3O5S/c1-27-13-9-7-12(8-10-13)17(24)23-20-22-16(11-29-20)18(25)21-15-6-4-3-5-14(15)19(26)28-2/h3-11H,1-2H3,(H,21,25)(H,22,23,24). The molecule has 0 fully saturated rings. The molecule has 148 valence electrons. The summed E-state index contributed by atoms with van der Waals surface area (Å²) in [6.07, 6.45) is 0. The summed E-state index contributed by atoms with van der Waals surface area (Å²) in [4.78, 5) is 40.7. The van der Waals surface area contributed by atoms with Crippen LogP contribution in [0.4, 0.5) is 10.8 Å². The van der Waals surface area contributed by atoms with Crippen LogP contribution in [0.3, 0.4) is 0 Å². The van der Waals surface area contributed by atoms with Crippen molar-refractivity contribution in [3.8, 4) is 5.75 Å². The van der Waals surface area contributed by atoms with Gasteiger partial charge in [0.2, 0.25) is 0 Å². The van der Waals surface area contributed by atoms with Crippen LogP contribution in [-0.2, 0) is 4.74 Å². The number of ether oxygens (including phenoxy) is 2. The van der Waals surface area contributed by atoms with E-state index in [1.54, 1.807) is 55.6 Å². The number of amides is 2. The molecule has 9 heteroatoms. The van der Waals surface area contributed by atoms with Crippen LogP contribution < -0.4 is 15.4 Å². The first-order chi connectivity index (χ1) is 14.0. The van der Waals surface area contributed by atoms with Crippen molar-refractivity contribution in [3.63, 3.8) is 0 Å². The van der Waals surface area contributed by atoms with Crippen molar-refractivity contribution in [2.24, 2.45) is 0 Å². The molecule has 0 aliphatic heterocycles. The van der Waals surface area contributed by atoms with Crippen LogP contribution in [0.25, 0.3) is 0 Å². The normalized spacial score (nSPS) is 10.1. The van der Waals surface area contributed by atoms with Gasteiger partial charge in [-0.25, -0.2) is 9.78 Å². The van der Waals surface area contributed by atoms with Crippen molar-refractivity contribution >= 4 is 39.9 Å². The molecule has 0 spiro atoms. The number of hydrogen-bond acceptors (Lipinski definition) is 7. The zero-order valence-corrected chi connectivity index (χ0v) is 16.4. The van der Waals surface area contributed by atoms with Gasteiger partial charge in [-0.05, 0) is 36.4 Å². The third kappa shape index (κ3) is 4.77. The van der Waals surface area contributed by atoms with Gasteiger partial charge in [0.15, 0.2) is 5.13 Å². The monoisotopic (exact) mass is 411 g/mol. The van der Waals surface area contributed by atoms with Crippen molar-refractivity contribution in [1.82, 2.24) is 4.98 Å². The quantitative estimate of drug-likeness (QED) is 0.602. The highest BCUT2D eigenvalue weighted by molar-refractivity contribution is 7.14. The zero-order chi connectivity index (χ0) is 20.8. The lowest BCUT2D eigenvalue weighted by atomic mass is 10.2. The van der Waals surface area contributed by atoms with Crippen LogP contribution in [0.2, 0.25) is 0 Å². The molecule has 0 radical (unpaired) electrons. The van der Waals surface area contributed by atoms with Crippen molar-refractivity contribution < 1.29 is 23.9 Å². The summed E-state index contributed by atoms with van der Waals surface area (Å²) >= 11 is 1.11. The van der Waals surface area contributed by atoms with Gasteiger partial charge in [-0.3, -0.25) is 14.9 Å². The van der Waals surface area contributed by atoms with Gasteiger partial charge in [-0.2, -0.15) is 0 Å². The van der Waals surface area contributed by atoms with Gasteiger partial charge >= 0.3 is 5.97 Å². The number of benzene rings is 2. The van der Waals surface area contributed by atoms with Crippen molar-refractivity contribution in [2.75, 3.05) is 24.9 Å². The van der Waals surface area contributed by atoms with Gasteiger partial charge in [0, 0.05) is 10.9 Å². The molecule has 3 aromatic rings. The fourth-order valence-corrected chi connectivity index (χ4v) is 3.10. The van der Waals surface area contributed by atoms with Gasteiger partial charge in [-0.1, -0.05) is 12.1 Å². The summed E-state index contributed by atoms with van der Waals surface area (Å²) in [6, 6.07) is 13.1. The minimum absolute atomic E-state index is 0.111. The second-order valence-electron chi connectivity index (χ2n) is 5.71. The second kappa shape index (κ2) is 8.98. The first-order valence-corrected chi connectivity index (χ1v) is 9.29. The molecule has 1 aromatic heterocycles. The largest absolute Gasteiger partial charge is 0.497 e. The van der Waals surface area contributed by atoms with Gasteiger partial charge in [0.25, 0.3) is 11.8 Å². The molecule has 0 bridgehead atoms. The fourth-order valence-electron chi connectivity index (χ4n) is 2.41. The predicted octanol–water partition coefficient (Wildman–Crippen LogP) is 3.44. The van der Waals surface area contributed by atoms with E-state index in [1.165, 1.54) is 12.5 Å². The number of hydrogen-bond donors (Lipinski definition) is 2. The Labute approximate surface area is 170 Å². The van der Waals surface area contributed by atoms with Gasteiger partial charge in [0.1, 0.15) is 11.4 Å². The van der Waals surface area contributed by atoms with E-state index in [0.29, 0.717) is 17.0 Å². The van der Waals surface area contributed by atoms with E-state index in [1.807, 2.05) is 0 Å². The Morgan fingerprint density at radius 2 is 1.66 bits per heavy atom. The SMILES string of the molecule is COC(=O)c1ccccc1NC(=O)c1csc(NC(=O)c2ccc(OC)cc2)n1. The van der Waals surface area contributed by atoms with Crippen molar-refractivity contribution in [1.29, 1.82) is 0 Å². The number of para-hydroxylation sites is 1. The molecule has 1 heterocycles. The Morgan fingerprint density at radius 3 is 2.34 bits per heavy atom. The van der Waals surface area contributed by atoms with E-state index in [4.69, 9.17) is 9.47 Å². The highest BCUT2D eigenvalue weighted by Crippen LogP contribution is 2.21. The number of anilines is 2. The average Bonchev–Trinajstić information content (AvgIpc) is 3.22. The molecular weight excluding hydrogens is 394 g/mol. The molecule has 8 nitrogen and oxygen atoms in total. The number of nitrogens with one attached hydrogen (secondary N) is 2. The molecule has 2 N–H and O–H groups in total. The summed E-state index contributed by atoms with van der Waals surface area (Å²) in [5.74, 6) is -0.791. The molecule has 0 aliphatic carbocycles. The number of carbonyl (C=O) groups is 3. The molecule has 0 saturated heterocycles. The topological polar surface area (TPSA) is 107 Å². The van der Waals surface area contributed by atoms with E-state index in [2.05, 4.69) is 15.6 Å². The van der Waals surface area contributed by atoms with Crippen molar-refractivity contribution in [2.45, 2.75) is 0 Å². The van der Waals surface area contributed by atoms with Crippen LogP contribution in [-0.4, -0.2) is 37.0 Å². The molecule has 3 rings (SSSR count). The smallest absolute Gasteiger partial charge is 0.339 e. The van der Waals surface area contributed by atoms with Crippen LogP contribution in [0.15, 0.2) is 53.9 Å². The van der Waals surface area contributed by atoms with E-state index >= 15 is 0 Å². The Hall–Kier alpha value is -3.72. The molecule has 0 aliphatic rings. The Bertz CT molecular complexity index is 1050. The number of thiazole rings is 1. The lowest BCUT2D eigenvalue weighted by molar-refractivity contribution is 0.0601. The van der Waals surface area contributed by atoms with Crippen LogP contribution >= 0.6 is 11.3 Å². The number of carbonyl (C=O) groups excluding carboxylic acids is 3. The molecular formula is C20H17N3O5S. The van der Waals surface area contributed by atoms with Crippen molar-refractivity contribution in [3.05, 3.63) is 70.7 Å². The molecule has 2 aromatic carbocycles. The maximum atomic E-state index is 12.5. The maximum Gasteiger partial charge on any atom is 0.339 e. The molecule has 0 atom stereocenters. The summed E-state index contributed by atoms with van der Waals surface area (Å²) in [7, 11) is 2.81. The minimum atomic E-state index is -0.563. The number of rotatable bonds is 6. The molecule has 0 unspecified atom stereocenters. The second-order valence-corrected chi connectivity index (χ2v) is 6.57. The molecule has 29 heavy (non-hydrogen) atoms. The van der Waals surface area contributed by atoms with E-state index < -0.39 is 11.9 Å². The van der Waals surface area contributed by atoms with Gasteiger partial charge < -0.3 is 14.8 Å². The van der Waals surface area contributed by atoms with Crippen LogP contribution in [0, 0.1) is 0 Å². The average molecular weight is 411 g/mol. The van der Waals surface area contributed by atoms with Crippen LogP contribution in [0.1, 0.15) is 31.2 Å². The Morgan fingerprint density at radius 1 is 0.931 bits per heavy atom. The van der Waals surface area contributed by atoms with E-state index in [-0.39, 0.29) is 22.3 Å². The first kappa shape index (κ1) is 20.0. The molecule has 0 saturated carbocycles. The third-order valence-corrected chi connectivity index (χ3v) is 4.65. The predicted molar refractivity (Wildman–Crippen MR) is 109 cm³/mol. The number of nitrogens with zero attached hydrogens (tertiary/aromatic N) is 1. The molecule has 2 amide bonds. The Balaban J connectivity index is 1.69. The van der Waals surface area contributed by atoms with Crippen LogP contribution in [0.5, 0.6) is 5.75 Å². The highest BCUT2D eigenvalue weighted by atomic mass is 32.1. The minimum Gasteiger partial charge on any atom is -0.497 e. The summed E-state index contributed by atoms with van der Waals surface area (Å²) in [6.45, 7) is 0. The number of esters is 1. The highest BCUT2D eigenvalue weighted by Gasteiger charge is 2.17. The fraction of sp³-hybridized carbons (Fsp3) is 0.100. The third-order valence-electron chi connectivity index (χ3n) is 3.89. The zero-order valence-electron chi connectivity index (χ0n) is 15.6. The summed E-state index contributed by atoms with van der Waals surface area (Å²) in [5, 5.41) is 7.07. The van der Waals surface area contributed by atoms with E-state index in [9.17, 15) is 14.4 Å². The maximum absolute atomic E-state index is 12.5.